The van der Waals surface area contributed by atoms with Crippen LogP contribution in [0.15, 0.2) is 53.7 Å². The van der Waals surface area contributed by atoms with Crippen LogP contribution in [0.1, 0.15) is 58.2 Å². The summed E-state index contributed by atoms with van der Waals surface area (Å²) in [6, 6.07) is 10.1. The summed E-state index contributed by atoms with van der Waals surface area (Å²) in [5, 5.41) is 3.84. The Labute approximate surface area is 238 Å². The second-order valence-corrected chi connectivity index (χ2v) is 12.2. The highest BCUT2D eigenvalue weighted by atomic mass is 16.6. The van der Waals surface area contributed by atoms with E-state index in [1.807, 2.05) is 60.7 Å². The highest BCUT2D eigenvalue weighted by Gasteiger charge is 2.46. The van der Waals surface area contributed by atoms with Crippen molar-refractivity contribution in [3.05, 3.63) is 65.1 Å². The molecule has 3 N–H and O–H groups in total. The quantitative estimate of drug-likeness (QED) is 0.380. The Morgan fingerprint density at radius 1 is 1.05 bits per heavy atom. The Morgan fingerprint density at radius 2 is 1.76 bits per heavy atom. The highest BCUT2D eigenvalue weighted by Crippen LogP contribution is 2.42. The first-order chi connectivity index (χ1) is 19.6. The number of rotatable bonds is 4. The number of carbonyl (C=O) groups excluding carboxylic acids is 1. The van der Waals surface area contributed by atoms with Crippen LogP contribution in [-0.4, -0.2) is 54.8 Å². The number of aromatic nitrogens is 4. The van der Waals surface area contributed by atoms with Gasteiger partial charge in [0.25, 0.3) is 0 Å². The number of benzene rings is 1. The lowest BCUT2D eigenvalue weighted by molar-refractivity contribution is 0.00298. The molecule has 41 heavy (non-hydrogen) atoms. The molecule has 2 atom stereocenters. The molecule has 0 spiro atoms. The van der Waals surface area contributed by atoms with Gasteiger partial charge in [-0.25, -0.2) is 9.59 Å². The molecule has 2 saturated heterocycles. The summed E-state index contributed by atoms with van der Waals surface area (Å²) in [5.74, 6) is 0. The van der Waals surface area contributed by atoms with E-state index >= 15 is 0 Å². The summed E-state index contributed by atoms with van der Waals surface area (Å²) in [5.41, 5.74) is 11.1. The zero-order valence-corrected chi connectivity index (χ0v) is 24.2. The van der Waals surface area contributed by atoms with Crippen molar-refractivity contribution in [2.24, 2.45) is 12.8 Å². The number of nitrogens with two attached hydrogens (primary N) is 1. The molecule has 6 rings (SSSR count). The molecule has 2 bridgehead atoms. The van der Waals surface area contributed by atoms with E-state index in [0.717, 1.165) is 45.9 Å². The Kier molecular flexibility index (Phi) is 6.51. The first kappa shape index (κ1) is 26.9. The predicted octanol–water partition coefficient (Wildman–Crippen LogP) is 4.53. The van der Waals surface area contributed by atoms with Crippen LogP contribution in [-0.2, 0) is 11.8 Å². The molecule has 1 amide bonds. The van der Waals surface area contributed by atoms with Gasteiger partial charge < -0.3 is 20.7 Å². The molecular formula is C31H37N7O3. The number of imidazole rings is 1. The number of piperidine rings is 1. The Balaban J connectivity index is 1.40. The predicted molar refractivity (Wildman–Crippen MR) is 160 cm³/mol. The third-order valence-corrected chi connectivity index (χ3v) is 8.29. The molecule has 3 aromatic heterocycles. The first-order valence-corrected chi connectivity index (χ1v) is 14.2. The van der Waals surface area contributed by atoms with Crippen LogP contribution >= 0.6 is 0 Å². The topological polar surface area (TPSA) is 120 Å². The normalized spacial score (nSPS) is 21.0. The SMILES string of the molecule is CN/C=C(\N)c1ccc(-c2ccc3ncc4c(c3c2)n(C2CC3CCC(C2)N3C(=O)OC(C)(C)C)c(=O)n4C)cn1. The van der Waals surface area contributed by atoms with Gasteiger partial charge in [-0.1, -0.05) is 12.1 Å². The Morgan fingerprint density at radius 3 is 2.39 bits per heavy atom. The van der Waals surface area contributed by atoms with E-state index in [0.29, 0.717) is 24.2 Å². The molecule has 4 aromatic rings. The first-order valence-electron chi connectivity index (χ1n) is 14.2. The van der Waals surface area contributed by atoms with Crippen molar-refractivity contribution in [3.8, 4) is 11.1 Å². The summed E-state index contributed by atoms with van der Waals surface area (Å²) in [7, 11) is 3.60. The van der Waals surface area contributed by atoms with Crippen LogP contribution in [0.5, 0.6) is 0 Å². The molecule has 2 aliphatic heterocycles. The van der Waals surface area contributed by atoms with Gasteiger partial charge in [-0.3, -0.25) is 19.1 Å². The van der Waals surface area contributed by atoms with Gasteiger partial charge in [0.1, 0.15) is 5.60 Å². The zero-order chi connectivity index (χ0) is 29.1. The molecule has 0 aliphatic carbocycles. The molecule has 0 saturated carbocycles. The van der Waals surface area contributed by atoms with Crippen molar-refractivity contribution in [1.82, 2.24) is 29.3 Å². The van der Waals surface area contributed by atoms with Crippen molar-refractivity contribution >= 4 is 33.7 Å². The minimum absolute atomic E-state index is 0.0282. The second-order valence-electron chi connectivity index (χ2n) is 12.2. The van der Waals surface area contributed by atoms with E-state index in [1.54, 1.807) is 31.1 Å². The summed E-state index contributed by atoms with van der Waals surface area (Å²) in [4.78, 5) is 37.9. The van der Waals surface area contributed by atoms with Crippen LogP contribution in [0.2, 0.25) is 0 Å². The third kappa shape index (κ3) is 4.71. The van der Waals surface area contributed by atoms with Gasteiger partial charge in [0.2, 0.25) is 0 Å². The minimum atomic E-state index is -0.546. The molecule has 10 nitrogen and oxygen atoms in total. The van der Waals surface area contributed by atoms with Crippen LogP contribution < -0.4 is 16.7 Å². The maximum Gasteiger partial charge on any atom is 0.410 e. The zero-order valence-electron chi connectivity index (χ0n) is 24.2. The number of pyridine rings is 2. The smallest absolute Gasteiger partial charge is 0.410 e. The summed E-state index contributed by atoms with van der Waals surface area (Å²) in [6.45, 7) is 5.68. The largest absolute Gasteiger partial charge is 0.444 e. The molecule has 5 heterocycles. The van der Waals surface area contributed by atoms with Crippen LogP contribution in [0.25, 0.3) is 38.8 Å². The number of fused-ring (bicyclic) bond motifs is 5. The molecule has 10 heteroatoms. The molecule has 2 aliphatic rings. The summed E-state index contributed by atoms with van der Waals surface area (Å²) < 4.78 is 9.36. The van der Waals surface area contributed by atoms with Crippen molar-refractivity contribution in [3.63, 3.8) is 0 Å². The van der Waals surface area contributed by atoms with Crippen molar-refractivity contribution in [2.75, 3.05) is 7.05 Å². The fraction of sp³-hybridized carbons (Fsp3) is 0.419. The van der Waals surface area contributed by atoms with Gasteiger partial charge in [0.05, 0.1) is 34.1 Å². The minimum Gasteiger partial charge on any atom is -0.444 e. The van der Waals surface area contributed by atoms with Crippen molar-refractivity contribution in [2.45, 2.75) is 70.2 Å². The lowest BCUT2D eigenvalue weighted by Gasteiger charge is -2.39. The Hall–Kier alpha value is -4.34. The van der Waals surface area contributed by atoms with Gasteiger partial charge >= 0.3 is 11.8 Å². The number of carbonyl (C=O) groups is 1. The maximum atomic E-state index is 13.7. The fourth-order valence-electron chi connectivity index (χ4n) is 6.48. The number of aryl methyl sites for hydroxylation is 1. The highest BCUT2D eigenvalue weighted by molar-refractivity contribution is 6.04. The molecule has 2 fully saturated rings. The third-order valence-electron chi connectivity index (χ3n) is 8.29. The molecule has 2 unspecified atom stereocenters. The van der Waals surface area contributed by atoms with Crippen LogP contribution in [0.4, 0.5) is 4.79 Å². The van der Waals surface area contributed by atoms with E-state index < -0.39 is 5.60 Å². The number of hydrogen-bond donors (Lipinski definition) is 2. The van der Waals surface area contributed by atoms with Gasteiger partial charge in [-0.2, -0.15) is 0 Å². The maximum absolute atomic E-state index is 13.7. The molecule has 0 radical (unpaired) electrons. The molecule has 1 aromatic carbocycles. The lowest BCUT2D eigenvalue weighted by atomic mass is 9.97. The van der Waals surface area contributed by atoms with E-state index in [2.05, 4.69) is 21.4 Å². The van der Waals surface area contributed by atoms with E-state index in [4.69, 9.17) is 10.5 Å². The molecule has 214 valence electrons. The number of nitrogens with zero attached hydrogens (tertiary/aromatic N) is 5. The summed E-state index contributed by atoms with van der Waals surface area (Å²) in [6.07, 6.45) is 8.31. The van der Waals surface area contributed by atoms with Crippen molar-refractivity contribution in [1.29, 1.82) is 0 Å². The van der Waals surface area contributed by atoms with Gasteiger partial charge in [0, 0.05) is 55.6 Å². The number of nitrogens with one attached hydrogen (secondary N) is 1. The second kappa shape index (κ2) is 9.94. The monoisotopic (exact) mass is 555 g/mol. The van der Waals surface area contributed by atoms with Gasteiger partial charge in [-0.05, 0) is 70.2 Å². The summed E-state index contributed by atoms with van der Waals surface area (Å²) >= 11 is 0. The van der Waals surface area contributed by atoms with Crippen LogP contribution in [0.3, 0.4) is 0 Å². The average molecular weight is 556 g/mol. The number of amides is 1. The van der Waals surface area contributed by atoms with Crippen molar-refractivity contribution < 1.29 is 9.53 Å². The van der Waals surface area contributed by atoms with Gasteiger partial charge in [-0.15, -0.1) is 0 Å². The van der Waals surface area contributed by atoms with Gasteiger partial charge in [0.15, 0.2) is 0 Å². The van der Waals surface area contributed by atoms with E-state index in [1.165, 1.54) is 0 Å². The lowest BCUT2D eigenvalue weighted by Crippen LogP contribution is -2.49. The van der Waals surface area contributed by atoms with Crippen LogP contribution in [0, 0.1) is 0 Å². The van der Waals surface area contributed by atoms with E-state index in [-0.39, 0.29) is 29.9 Å². The standard InChI is InChI=1S/C31H37N7O3/c1-31(2,3)41-30(40)37-20-8-9-21(37)14-22(13-20)38-28-23-12-18(19-7-11-26(34-15-19)24(32)16-33-4)6-10-25(23)35-17-27(28)36(5)29(38)39/h6-7,10-12,15-17,20-22,33H,8-9,13-14,32H2,1-5H3/b24-16-. The van der Waals surface area contributed by atoms with E-state index in [9.17, 15) is 9.59 Å². The number of ether oxygens (including phenoxy) is 1. The Bertz CT molecular complexity index is 1720. The average Bonchev–Trinajstić information content (AvgIpc) is 3.36. The molecular weight excluding hydrogens is 518 g/mol. The fourth-order valence-corrected chi connectivity index (χ4v) is 6.48. The number of hydrogen-bond acceptors (Lipinski definition) is 7.